The minimum atomic E-state index is -0.773. The van der Waals surface area contributed by atoms with Crippen molar-refractivity contribution in [1.29, 1.82) is 0 Å². The molecule has 0 saturated carbocycles. The Morgan fingerprint density at radius 1 is 1.15 bits per heavy atom. The number of carbonyl (C=O) groups is 2. The van der Waals surface area contributed by atoms with Crippen molar-refractivity contribution in [3.8, 4) is 0 Å². The summed E-state index contributed by atoms with van der Waals surface area (Å²) in [4.78, 5) is 26.0. The van der Waals surface area contributed by atoms with Crippen molar-refractivity contribution < 1.29 is 14.3 Å². The molecule has 2 atom stereocenters. The summed E-state index contributed by atoms with van der Waals surface area (Å²) in [6.45, 7) is 0.394. The van der Waals surface area contributed by atoms with Crippen LogP contribution < -0.4 is 0 Å². The molecule has 2 aromatic carbocycles. The fraction of sp³-hybridized carbons (Fsp3) is 0.273. The smallest absolute Gasteiger partial charge is 0.225 e. The van der Waals surface area contributed by atoms with Crippen molar-refractivity contribution >= 4 is 33.6 Å². The van der Waals surface area contributed by atoms with Crippen LogP contribution in [-0.4, -0.2) is 36.0 Å². The lowest BCUT2D eigenvalue weighted by atomic mass is 10.0. The Morgan fingerprint density at radius 2 is 1.93 bits per heavy atom. The van der Waals surface area contributed by atoms with E-state index in [2.05, 4.69) is 17.5 Å². The van der Waals surface area contributed by atoms with Gasteiger partial charge in [-0.2, -0.15) is 0 Å². The Kier molecular flexibility index (Phi) is 5.32. The zero-order chi connectivity index (χ0) is 18.6. The van der Waals surface area contributed by atoms with Gasteiger partial charge in [0, 0.05) is 11.1 Å². The number of aldehydes is 1. The molecule has 3 aromatic rings. The van der Waals surface area contributed by atoms with Crippen LogP contribution in [0, 0.1) is 0 Å². The number of carbonyl (C=O) groups excluding carboxylic acids is 2. The zero-order valence-electron chi connectivity index (χ0n) is 14.9. The topological polar surface area (TPSA) is 46.6 Å². The molecule has 1 aliphatic rings. The van der Waals surface area contributed by atoms with Crippen LogP contribution >= 0.6 is 11.3 Å². The van der Waals surface area contributed by atoms with E-state index in [9.17, 15) is 9.59 Å². The molecule has 2 unspecified atom stereocenters. The molecule has 0 aliphatic carbocycles. The molecule has 1 fully saturated rings. The number of rotatable bonds is 6. The Balaban J connectivity index is 1.46. The first kappa shape index (κ1) is 17.9. The molecule has 0 spiro atoms. The van der Waals surface area contributed by atoms with Crippen LogP contribution in [0.15, 0.2) is 60.0 Å². The number of hydrogen-bond donors (Lipinski definition) is 0. The molecule has 1 saturated heterocycles. The number of ether oxygens (including phenoxy) is 1. The number of benzene rings is 2. The second-order valence-electron chi connectivity index (χ2n) is 6.76. The number of aryl methyl sites for hydroxylation is 1. The molecule has 2 heterocycles. The van der Waals surface area contributed by atoms with Gasteiger partial charge in [-0.15, -0.1) is 11.3 Å². The van der Waals surface area contributed by atoms with Crippen molar-refractivity contribution in [2.75, 3.05) is 6.61 Å². The molecule has 1 aromatic heterocycles. The third-order valence-corrected chi connectivity index (χ3v) is 6.03. The first-order chi connectivity index (χ1) is 13.3. The Bertz CT molecular complexity index is 937. The fourth-order valence-electron chi connectivity index (χ4n) is 3.67. The van der Waals surface area contributed by atoms with E-state index < -0.39 is 6.23 Å². The van der Waals surface area contributed by atoms with Gasteiger partial charge in [0.2, 0.25) is 5.91 Å². The van der Waals surface area contributed by atoms with Gasteiger partial charge in [0.25, 0.3) is 0 Å². The van der Waals surface area contributed by atoms with Crippen LogP contribution in [0.1, 0.15) is 17.5 Å². The molecule has 0 bridgehead atoms. The normalized spacial score (nSPS) is 19.5. The standard InChI is InChI=1S/C22H21NO3S/c24-13-22-23(18(14-26-22)12-16-6-2-1-3-7-16)21(25)11-10-17-15-27-20-9-5-4-8-19(17)20/h1-9,13,15,18,22H,10-12,14H2. The van der Waals surface area contributed by atoms with Gasteiger partial charge in [0.05, 0.1) is 12.6 Å². The van der Waals surface area contributed by atoms with Gasteiger partial charge in [-0.1, -0.05) is 48.5 Å². The van der Waals surface area contributed by atoms with Gasteiger partial charge in [0.1, 0.15) is 0 Å². The Labute approximate surface area is 162 Å². The lowest BCUT2D eigenvalue weighted by molar-refractivity contribution is -0.142. The van der Waals surface area contributed by atoms with Gasteiger partial charge in [0.15, 0.2) is 12.5 Å². The van der Waals surface area contributed by atoms with Gasteiger partial charge in [-0.25, -0.2) is 0 Å². The molecule has 4 nitrogen and oxygen atoms in total. The van der Waals surface area contributed by atoms with Crippen LogP contribution in [0.3, 0.4) is 0 Å². The van der Waals surface area contributed by atoms with E-state index in [1.165, 1.54) is 15.6 Å². The molecular formula is C22H21NO3S. The summed E-state index contributed by atoms with van der Waals surface area (Å²) in [7, 11) is 0. The van der Waals surface area contributed by atoms with Crippen molar-refractivity contribution in [3.05, 3.63) is 71.1 Å². The van der Waals surface area contributed by atoms with Crippen molar-refractivity contribution in [2.45, 2.75) is 31.5 Å². The van der Waals surface area contributed by atoms with Gasteiger partial charge >= 0.3 is 0 Å². The zero-order valence-corrected chi connectivity index (χ0v) is 15.7. The predicted molar refractivity (Wildman–Crippen MR) is 107 cm³/mol. The summed E-state index contributed by atoms with van der Waals surface area (Å²) in [6, 6.07) is 18.1. The van der Waals surface area contributed by atoms with E-state index in [1.54, 1.807) is 16.2 Å². The second-order valence-corrected chi connectivity index (χ2v) is 7.67. The molecule has 0 N–H and O–H groups in total. The van der Waals surface area contributed by atoms with E-state index in [0.717, 1.165) is 11.8 Å². The van der Waals surface area contributed by atoms with Crippen LogP contribution in [0.25, 0.3) is 10.1 Å². The van der Waals surface area contributed by atoms with E-state index in [-0.39, 0.29) is 11.9 Å². The van der Waals surface area contributed by atoms with Crippen LogP contribution in [0.2, 0.25) is 0 Å². The lowest BCUT2D eigenvalue weighted by Crippen LogP contribution is -2.43. The monoisotopic (exact) mass is 379 g/mol. The van der Waals surface area contributed by atoms with Crippen LogP contribution in [-0.2, 0) is 27.2 Å². The molecule has 27 heavy (non-hydrogen) atoms. The molecule has 0 radical (unpaired) electrons. The molecule has 1 amide bonds. The largest absolute Gasteiger partial charge is 0.349 e. The third kappa shape index (κ3) is 3.80. The van der Waals surface area contributed by atoms with Gasteiger partial charge < -0.3 is 9.64 Å². The highest BCUT2D eigenvalue weighted by Crippen LogP contribution is 2.27. The number of thiophene rings is 1. The summed E-state index contributed by atoms with van der Waals surface area (Å²) >= 11 is 1.70. The maximum absolute atomic E-state index is 12.9. The average molecular weight is 379 g/mol. The lowest BCUT2D eigenvalue weighted by Gasteiger charge is -2.25. The predicted octanol–water partition coefficient (Wildman–Crippen LogP) is 3.83. The van der Waals surface area contributed by atoms with Crippen molar-refractivity contribution in [1.82, 2.24) is 4.90 Å². The van der Waals surface area contributed by atoms with Crippen LogP contribution in [0.5, 0.6) is 0 Å². The summed E-state index contributed by atoms with van der Waals surface area (Å²) in [5.74, 6) is -0.0270. The fourth-order valence-corrected chi connectivity index (χ4v) is 4.67. The van der Waals surface area contributed by atoms with E-state index in [4.69, 9.17) is 4.74 Å². The summed E-state index contributed by atoms with van der Waals surface area (Å²) in [6.07, 6.45) is 1.69. The number of nitrogens with zero attached hydrogens (tertiary/aromatic N) is 1. The highest BCUT2D eigenvalue weighted by molar-refractivity contribution is 7.17. The minimum absolute atomic E-state index is 0.0270. The first-order valence-electron chi connectivity index (χ1n) is 9.13. The molecule has 4 rings (SSSR count). The van der Waals surface area contributed by atoms with E-state index >= 15 is 0 Å². The van der Waals surface area contributed by atoms with Gasteiger partial charge in [-0.05, 0) is 40.8 Å². The minimum Gasteiger partial charge on any atom is -0.349 e. The third-order valence-electron chi connectivity index (χ3n) is 5.01. The molecule has 5 heteroatoms. The first-order valence-corrected chi connectivity index (χ1v) is 10.0. The number of amides is 1. The number of hydrogen-bond acceptors (Lipinski definition) is 4. The highest BCUT2D eigenvalue weighted by atomic mass is 32.1. The van der Waals surface area contributed by atoms with E-state index in [0.29, 0.717) is 25.9 Å². The quantitative estimate of drug-likeness (QED) is 0.612. The molecule has 1 aliphatic heterocycles. The maximum atomic E-state index is 12.9. The Morgan fingerprint density at radius 3 is 2.74 bits per heavy atom. The number of fused-ring (bicyclic) bond motifs is 1. The average Bonchev–Trinajstić information content (AvgIpc) is 3.31. The summed E-state index contributed by atoms with van der Waals surface area (Å²) in [5.41, 5.74) is 2.32. The van der Waals surface area contributed by atoms with Gasteiger partial charge in [-0.3, -0.25) is 9.59 Å². The molecular weight excluding hydrogens is 358 g/mol. The summed E-state index contributed by atoms with van der Waals surface area (Å²) < 4.78 is 6.80. The Hall–Kier alpha value is -2.50. The van der Waals surface area contributed by atoms with Crippen LogP contribution in [0.4, 0.5) is 0 Å². The van der Waals surface area contributed by atoms with Crippen molar-refractivity contribution in [2.24, 2.45) is 0 Å². The van der Waals surface area contributed by atoms with Crippen molar-refractivity contribution in [3.63, 3.8) is 0 Å². The molecule has 138 valence electrons. The highest BCUT2D eigenvalue weighted by Gasteiger charge is 2.37. The van der Waals surface area contributed by atoms with E-state index in [1.807, 2.05) is 42.5 Å². The summed E-state index contributed by atoms with van der Waals surface area (Å²) in [5, 5.41) is 3.33. The second kappa shape index (κ2) is 8.03. The maximum Gasteiger partial charge on any atom is 0.225 e. The SMILES string of the molecule is O=CC1OCC(Cc2ccccc2)N1C(=O)CCc1csc2ccccc12.